The number of aryl methyl sites for hydroxylation is 1. The second-order valence-corrected chi connectivity index (χ2v) is 7.44. The molecule has 4 rings (SSSR count). The van der Waals surface area contributed by atoms with Crippen LogP contribution >= 0.6 is 0 Å². The summed E-state index contributed by atoms with van der Waals surface area (Å²) >= 11 is 0. The number of rotatable bonds is 4. The van der Waals surface area contributed by atoms with Crippen LogP contribution in [0.2, 0.25) is 0 Å². The maximum Gasteiger partial charge on any atom is 0.416 e. The number of hydrogen-bond donors (Lipinski definition) is 0. The van der Waals surface area contributed by atoms with Gasteiger partial charge in [-0.2, -0.15) is 18.4 Å². The van der Waals surface area contributed by atoms with Crippen molar-refractivity contribution in [3.05, 3.63) is 76.7 Å². The van der Waals surface area contributed by atoms with Crippen LogP contribution in [0.4, 0.5) is 13.2 Å². The molecular weight excluding hydrogens is 417 g/mol. The van der Waals surface area contributed by atoms with E-state index in [1.165, 1.54) is 13.2 Å². The average Bonchev–Trinajstić information content (AvgIpc) is 3.10. The molecule has 8 heteroatoms. The van der Waals surface area contributed by atoms with Crippen LogP contribution in [0.5, 0.6) is 5.88 Å². The zero-order valence-electron chi connectivity index (χ0n) is 17.7. The third-order valence-electron chi connectivity index (χ3n) is 5.50. The van der Waals surface area contributed by atoms with E-state index < -0.39 is 11.7 Å². The van der Waals surface area contributed by atoms with Crippen molar-refractivity contribution in [2.24, 2.45) is 7.05 Å². The van der Waals surface area contributed by atoms with Crippen LogP contribution in [0.3, 0.4) is 0 Å². The van der Waals surface area contributed by atoms with E-state index in [0.717, 1.165) is 29.2 Å². The third-order valence-corrected chi connectivity index (χ3v) is 5.50. The van der Waals surface area contributed by atoms with E-state index in [4.69, 9.17) is 4.74 Å². The fraction of sp³-hybridized carbons (Fsp3) is 0.208. The number of fused-ring (bicyclic) bond motifs is 1. The van der Waals surface area contributed by atoms with Gasteiger partial charge < -0.3 is 9.30 Å². The van der Waals surface area contributed by atoms with Gasteiger partial charge in [-0.25, -0.2) is 9.97 Å². The van der Waals surface area contributed by atoms with E-state index in [0.29, 0.717) is 27.6 Å². The quantitative estimate of drug-likeness (QED) is 0.428. The number of methoxy groups -OCH3 is 1. The fourth-order valence-corrected chi connectivity index (χ4v) is 3.73. The van der Waals surface area contributed by atoms with Gasteiger partial charge in [0, 0.05) is 30.0 Å². The predicted octanol–water partition coefficient (Wildman–Crippen LogP) is 5.43. The van der Waals surface area contributed by atoms with Crippen LogP contribution in [0, 0.1) is 18.3 Å². The fourth-order valence-electron chi connectivity index (χ4n) is 3.73. The van der Waals surface area contributed by atoms with Crippen LogP contribution in [-0.4, -0.2) is 21.6 Å². The average molecular weight is 436 g/mol. The first-order valence-corrected chi connectivity index (χ1v) is 9.78. The minimum absolute atomic E-state index is 0.0774. The topological polar surface area (TPSA) is 63.7 Å². The lowest BCUT2D eigenvalue weighted by Gasteiger charge is -2.14. The molecule has 0 bridgehead atoms. The SMILES string of the molecule is COc1nc2ccc(-c3cnc(C)n3C)cc2c(C#N)c1Cc1cccc(C(F)(F)F)c1. The molecule has 2 aromatic heterocycles. The number of hydrogen-bond acceptors (Lipinski definition) is 4. The van der Waals surface area contributed by atoms with E-state index in [1.807, 2.05) is 30.7 Å². The van der Waals surface area contributed by atoms with Crippen LogP contribution < -0.4 is 4.74 Å². The standard InChI is InChI=1S/C24H19F3N4O/c1-14-29-13-22(31(14)2)16-7-8-21-18(11-16)20(12-28)19(23(30-21)32-3)10-15-5-4-6-17(9-15)24(25,26)27/h4-9,11,13H,10H2,1-3H3. The lowest BCUT2D eigenvalue weighted by molar-refractivity contribution is -0.137. The first kappa shape index (κ1) is 21.4. The summed E-state index contributed by atoms with van der Waals surface area (Å²) in [6, 6.07) is 12.8. The zero-order valence-corrected chi connectivity index (χ0v) is 17.7. The molecule has 2 heterocycles. The molecule has 0 spiro atoms. The lowest BCUT2D eigenvalue weighted by Crippen LogP contribution is -2.06. The van der Waals surface area contributed by atoms with Crippen LogP contribution in [0.25, 0.3) is 22.2 Å². The third kappa shape index (κ3) is 3.78. The van der Waals surface area contributed by atoms with Gasteiger partial charge in [0.1, 0.15) is 11.9 Å². The first-order chi connectivity index (χ1) is 15.2. The molecule has 2 aromatic carbocycles. The smallest absolute Gasteiger partial charge is 0.416 e. The van der Waals surface area contributed by atoms with Gasteiger partial charge in [0.2, 0.25) is 5.88 Å². The molecule has 162 valence electrons. The van der Waals surface area contributed by atoms with Crippen molar-refractivity contribution >= 4 is 10.9 Å². The lowest BCUT2D eigenvalue weighted by atomic mass is 9.96. The molecule has 0 radical (unpaired) electrons. The van der Waals surface area contributed by atoms with Gasteiger partial charge >= 0.3 is 6.18 Å². The van der Waals surface area contributed by atoms with Gasteiger partial charge in [-0.15, -0.1) is 0 Å². The normalized spacial score (nSPS) is 11.5. The monoisotopic (exact) mass is 436 g/mol. The van der Waals surface area contributed by atoms with Crippen LogP contribution in [0.15, 0.2) is 48.7 Å². The Balaban J connectivity index is 1.88. The Morgan fingerprint density at radius 1 is 1.16 bits per heavy atom. The van der Waals surface area contributed by atoms with Crippen LogP contribution in [-0.2, 0) is 19.6 Å². The highest BCUT2D eigenvalue weighted by Crippen LogP contribution is 2.34. The minimum Gasteiger partial charge on any atom is -0.481 e. The molecule has 0 aliphatic heterocycles. The summed E-state index contributed by atoms with van der Waals surface area (Å²) in [7, 11) is 3.33. The summed E-state index contributed by atoms with van der Waals surface area (Å²) in [4.78, 5) is 8.83. The first-order valence-electron chi connectivity index (χ1n) is 9.78. The Morgan fingerprint density at radius 2 is 1.94 bits per heavy atom. The molecule has 0 fully saturated rings. The van der Waals surface area contributed by atoms with Crippen molar-refractivity contribution in [1.82, 2.24) is 14.5 Å². The maximum absolute atomic E-state index is 13.1. The highest BCUT2D eigenvalue weighted by atomic mass is 19.4. The van der Waals surface area contributed by atoms with Crippen molar-refractivity contribution in [3.63, 3.8) is 0 Å². The molecule has 0 N–H and O–H groups in total. The molecule has 0 amide bonds. The molecule has 0 unspecified atom stereocenters. The number of alkyl halides is 3. The van der Waals surface area contributed by atoms with E-state index in [2.05, 4.69) is 16.0 Å². The Hall–Kier alpha value is -3.86. The maximum atomic E-state index is 13.1. The predicted molar refractivity (Wildman–Crippen MR) is 114 cm³/mol. The molecule has 0 saturated heterocycles. The molecule has 5 nitrogen and oxygen atoms in total. The van der Waals surface area contributed by atoms with E-state index in [9.17, 15) is 18.4 Å². The van der Waals surface area contributed by atoms with Gasteiger partial charge in [-0.1, -0.05) is 24.3 Å². The van der Waals surface area contributed by atoms with Crippen molar-refractivity contribution in [2.45, 2.75) is 19.5 Å². The molecule has 0 saturated carbocycles. The number of nitriles is 1. The highest BCUT2D eigenvalue weighted by Gasteiger charge is 2.30. The van der Waals surface area contributed by atoms with Crippen molar-refractivity contribution in [2.75, 3.05) is 7.11 Å². The largest absolute Gasteiger partial charge is 0.481 e. The molecule has 4 aromatic rings. The zero-order chi connectivity index (χ0) is 23.0. The van der Waals surface area contributed by atoms with Crippen molar-refractivity contribution < 1.29 is 17.9 Å². The Kier molecular flexibility index (Phi) is 5.35. The summed E-state index contributed by atoms with van der Waals surface area (Å²) < 4.78 is 46.8. The second kappa shape index (κ2) is 8.00. The van der Waals surface area contributed by atoms with E-state index in [-0.39, 0.29) is 12.3 Å². The van der Waals surface area contributed by atoms with E-state index in [1.54, 1.807) is 18.3 Å². The molecule has 0 aliphatic rings. The Morgan fingerprint density at radius 3 is 2.56 bits per heavy atom. The van der Waals surface area contributed by atoms with E-state index >= 15 is 0 Å². The van der Waals surface area contributed by atoms with Gasteiger partial charge in [0.15, 0.2) is 0 Å². The summed E-state index contributed by atoms with van der Waals surface area (Å²) in [6.07, 6.45) is -2.62. The summed E-state index contributed by atoms with van der Waals surface area (Å²) in [6.45, 7) is 1.89. The minimum atomic E-state index is -4.45. The molecule has 32 heavy (non-hydrogen) atoms. The number of ether oxygens (including phenoxy) is 1. The van der Waals surface area contributed by atoms with Crippen LogP contribution in [0.1, 0.15) is 28.1 Å². The molecule has 0 atom stereocenters. The highest BCUT2D eigenvalue weighted by molar-refractivity contribution is 5.90. The number of pyridine rings is 1. The van der Waals surface area contributed by atoms with Crippen molar-refractivity contribution in [3.8, 4) is 23.2 Å². The summed E-state index contributed by atoms with van der Waals surface area (Å²) in [5, 5.41) is 10.6. The number of aromatic nitrogens is 3. The Bertz CT molecular complexity index is 1370. The second-order valence-electron chi connectivity index (χ2n) is 7.44. The van der Waals surface area contributed by atoms with Gasteiger partial charge in [-0.05, 0) is 30.7 Å². The van der Waals surface area contributed by atoms with Gasteiger partial charge in [0.25, 0.3) is 0 Å². The molecular formula is C24H19F3N4O. The summed E-state index contributed by atoms with van der Waals surface area (Å²) in [5.74, 6) is 1.06. The molecule has 0 aliphatic carbocycles. The number of imidazole rings is 1. The van der Waals surface area contributed by atoms with Gasteiger partial charge in [-0.3, -0.25) is 0 Å². The van der Waals surface area contributed by atoms with Gasteiger partial charge in [0.05, 0.1) is 35.6 Å². The number of benzene rings is 2. The summed E-state index contributed by atoms with van der Waals surface area (Å²) in [5.41, 5.74) is 2.74. The number of nitrogens with zero attached hydrogens (tertiary/aromatic N) is 4. The van der Waals surface area contributed by atoms with Crippen molar-refractivity contribution in [1.29, 1.82) is 5.26 Å². The Labute approximate surface area is 182 Å². The number of halogens is 3.